The first-order valence-corrected chi connectivity index (χ1v) is 7.76. The quantitative estimate of drug-likeness (QED) is 0.795. The lowest BCUT2D eigenvalue weighted by Crippen LogP contribution is -2.58. The van der Waals surface area contributed by atoms with Gasteiger partial charge in [0, 0.05) is 13.5 Å². The van der Waals surface area contributed by atoms with Crippen LogP contribution in [-0.4, -0.2) is 41.2 Å². The van der Waals surface area contributed by atoms with Crippen LogP contribution in [0.4, 0.5) is 0 Å². The third kappa shape index (κ3) is 2.59. The number of rotatable bonds is 3. The normalized spacial score (nSPS) is 30.5. The van der Waals surface area contributed by atoms with E-state index in [4.69, 9.17) is 5.73 Å². The molecule has 6 nitrogen and oxygen atoms in total. The molecule has 22 heavy (non-hydrogen) atoms. The molecule has 0 bridgehead atoms. The third-order valence-electron chi connectivity index (χ3n) is 5.24. The summed E-state index contributed by atoms with van der Waals surface area (Å²) in [6, 6.07) is -1.22. The monoisotopic (exact) mass is 309 g/mol. The van der Waals surface area contributed by atoms with Crippen LogP contribution < -0.4 is 11.1 Å². The van der Waals surface area contributed by atoms with E-state index in [0.717, 1.165) is 0 Å². The number of nitrogens with one attached hydrogen (secondary N) is 1. The Balaban J connectivity index is 2.24. The van der Waals surface area contributed by atoms with Crippen LogP contribution in [-0.2, 0) is 14.4 Å². The molecule has 2 aliphatic rings. The largest absolute Gasteiger partial charge is 0.368 e. The van der Waals surface area contributed by atoms with E-state index in [9.17, 15) is 14.4 Å². The van der Waals surface area contributed by atoms with Gasteiger partial charge in [0.1, 0.15) is 12.1 Å². The smallest absolute Gasteiger partial charge is 0.246 e. The Kier molecular flexibility index (Phi) is 3.78. The summed E-state index contributed by atoms with van der Waals surface area (Å²) >= 11 is 0. The van der Waals surface area contributed by atoms with E-state index in [1.807, 2.05) is 20.8 Å². The van der Waals surface area contributed by atoms with Gasteiger partial charge in [-0.05, 0) is 22.7 Å². The minimum Gasteiger partial charge on any atom is -0.368 e. The molecule has 0 aromatic carbocycles. The van der Waals surface area contributed by atoms with E-state index in [1.54, 1.807) is 4.90 Å². The van der Waals surface area contributed by atoms with Gasteiger partial charge >= 0.3 is 0 Å². The van der Waals surface area contributed by atoms with Crippen molar-refractivity contribution in [3.05, 3.63) is 0 Å². The number of fused-ring (bicyclic) bond motifs is 1. The number of nitrogens with zero attached hydrogens (tertiary/aromatic N) is 1. The number of hydrogen-bond donors (Lipinski definition) is 2. The number of nitrogens with two attached hydrogens (primary N) is 1. The van der Waals surface area contributed by atoms with E-state index >= 15 is 0 Å². The molecule has 1 aliphatic carbocycles. The van der Waals surface area contributed by atoms with Gasteiger partial charge < -0.3 is 16.0 Å². The van der Waals surface area contributed by atoms with Crippen molar-refractivity contribution in [3.63, 3.8) is 0 Å². The highest BCUT2D eigenvalue weighted by Crippen LogP contribution is 2.64. The third-order valence-corrected chi connectivity index (χ3v) is 5.24. The van der Waals surface area contributed by atoms with Gasteiger partial charge in [0.2, 0.25) is 17.7 Å². The summed E-state index contributed by atoms with van der Waals surface area (Å²) < 4.78 is 0. The zero-order valence-corrected chi connectivity index (χ0v) is 14.3. The standard InChI is InChI=1S/C16H27N3O3/c1-8(20)18-12(15(2,3)4)14(22)19-7-9-10(16(9,5)6)11(19)13(17)21/h9-12H,7H2,1-6H3,(H2,17,21)(H,18,20)/t9?,10?,11?,12-/m1/s1. The molecule has 0 spiro atoms. The summed E-state index contributed by atoms with van der Waals surface area (Å²) in [5.74, 6) is -0.483. The Labute approximate surface area is 131 Å². The van der Waals surface area contributed by atoms with Crippen molar-refractivity contribution in [1.82, 2.24) is 10.2 Å². The Bertz CT molecular complexity index is 521. The van der Waals surface area contributed by atoms with Gasteiger partial charge in [0.15, 0.2) is 0 Å². The lowest BCUT2D eigenvalue weighted by atomic mass is 9.85. The highest BCUT2D eigenvalue weighted by molar-refractivity contribution is 5.93. The molecule has 6 heteroatoms. The van der Waals surface area contributed by atoms with E-state index in [2.05, 4.69) is 19.2 Å². The second kappa shape index (κ2) is 4.96. The molecule has 1 heterocycles. The van der Waals surface area contributed by atoms with Gasteiger partial charge in [-0.15, -0.1) is 0 Å². The summed E-state index contributed by atoms with van der Waals surface area (Å²) in [6.45, 7) is 11.8. The number of piperidine rings is 1. The predicted molar refractivity (Wildman–Crippen MR) is 82.5 cm³/mol. The minimum atomic E-state index is -0.660. The number of carbonyl (C=O) groups excluding carboxylic acids is 3. The zero-order valence-electron chi connectivity index (χ0n) is 14.3. The first-order chi connectivity index (χ1) is 9.89. The van der Waals surface area contributed by atoms with Gasteiger partial charge in [0.05, 0.1) is 0 Å². The van der Waals surface area contributed by atoms with Crippen LogP contribution in [0.2, 0.25) is 0 Å². The van der Waals surface area contributed by atoms with Crippen LogP contribution in [0.1, 0.15) is 41.5 Å². The summed E-state index contributed by atoms with van der Waals surface area (Å²) in [5, 5.41) is 2.72. The molecule has 1 saturated carbocycles. The second-order valence-corrected chi connectivity index (χ2v) is 8.29. The number of amides is 3. The van der Waals surface area contributed by atoms with Gasteiger partial charge in [0.25, 0.3) is 0 Å². The van der Waals surface area contributed by atoms with Crippen LogP contribution in [0.15, 0.2) is 0 Å². The van der Waals surface area contributed by atoms with Crippen LogP contribution >= 0.6 is 0 Å². The molecule has 0 aromatic heterocycles. The van der Waals surface area contributed by atoms with Crippen molar-refractivity contribution in [1.29, 1.82) is 0 Å². The molecule has 3 N–H and O–H groups in total. The highest BCUT2D eigenvalue weighted by Gasteiger charge is 2.69. The van der Waals surface area contributed by atoms with Crippen molar-refractivity contribution in [2.24, 2.45) is 28.4 Å². The number of primary amides is 1. The number of carbonyl (C=O) groups is 3. The molecule has 0 aromatic rings. The lowest BCUT2D eigenvalue weighted by molar-refractivity contribution is -0.144. The summed E-state index contributed by atoms with van der Waals surface area (Å²) in [6.07, 6.45) is 0. The molecule has 2 rings (SSSR count). The van der Waals surface area contributed by atoms with Crippen LogP contribution in [0.3, 0.4) is 0 Å². The Morgan fingerprint density at radius 3 is 2.23 bits per heavy atom. The first kappa shape index (κ1) is 16.8. The minimum absolute atomic E-state index is 0.0573. The molecular weight excluding hydrogens is 282 g/mol. The number of hydrogen-bond acceptors (Lipinski definition) is 3. The summed E-state index contributed by atoms with van der Waals surface area (Å²) in [5.41, 5.74) is 5.17. The van der Waals surface area contributed by atoms with E-state index in [-0.39, 0.29) is 23.1 Å². The van der Waals surface area contributed by atoms with Crippen molar-refractivity contribution in [2.75, 3.05) is 6.54 Å². The summed E-state index contributed by atoms with van der Waals surface area (Å²) in [4.78, 5) is 37.8. The maximum Gasteiger partial charge on any atom is 0.246 e. The molecule has 2 fully saturated rings. The van der Waals surface area contributed by atoms with Crippen molar-refractivity contribution < 1.29 is 14.4 Å². The predicted octanol–water partition coefficient (Wildman–Crippen LogP) is 0.506. The topological polar surface area (TPSA) is 92.5 Å². The molecule has 4 atom stereocenters. The van der Waals surface area contributed by atoms with Crippen molar-refractivity contribution >= 4 is 17.7 Å². The van der Waals surface area contributed by atoms with Gasteiger partial charge in [-0.1, -0.05) is 34.6 Å². The van der Waals surface area contributed by atoms with Crippen LogP contribution in [0.5, 0.6) is 0 Å². The zero-order chi connectivity index (χ0) is 17.0. The lowest BCUT2D eigenvalue weighted by Gasteiger charge is -2.37. The van der Waals surface area contributed by atoms with Crippen molar-refractivity contribution in [3.8, 4) is 0 Å². The fourth-order valence-corrected chi connectivity index (χ4v) is 3.86. The first-order valence-electron chi connectivity index (χ1n) is 7.76. The molecule has 1 aliphatic heterocycles. The molecule has 124 valence electrons. The molecule has 0 radical (unpaired) electrons. The maximum atomic E-state index is 12.9. The summed E-state index contributed by atoms with van der Waals surface area (Å²) in [7, 11) is 0. The van der Waals surface area contributed by atoms with Gasteiger partial charge in [-0.3, -0.25) is 14.4 Å². The molecule has 3 amide bonds. The SMILES string of the molecule is CC(=O)N[C@H](C(=O)N1CC2C(C1C(N)=O)C2(C)C)C(C)(C)C. The molecule has 1 saturated heterocycles. The highest BCUT2D eigenvalue weighted by atomic mass is 16.2. The Morgan fingerprint density at radius 2 is 1.82 bits per heavy atom. The average molecular weight is 309 g/mol. The van der Waals surface area contributed by atoms with E-state index in [0.29, 0.717) is 12.5 Å². The fraction of sp³-hybridized carbons (Fsp3) is 0.812. The Morgan fingerprint density at radius 1 is 1.27 bits per heavy atom. The molecule has 3 unspecified atom stereocenters. The Hall–Kier alpha value is -1.59. The van der Waals surface area contributed by atoms with Crippen molar-refractivity contribution in [2.45, 2.75) is 53.6 Å². The van der Waals surface area contributed by atoms with E-state index in [1.165, 1.54) is 6.92 Å². The molecular formula is C16H27N3O3. The number of likely N-dealkylation sites (tertiary alicyclic amines) is 1. The fourth-order valence-electron chi connectivity index (χ4n) is 3.86. The van der Waals surface area contributed by atoms with Gasteiger partial charge in [-0.25, -0.2) is 0 Å². The van der Waals surface area contributed by atoms with Crippen LogP contribution in [0.25, 0.3) is 0 Å². The van der Waals surface area contributed by atoms with Crippen LogP contribution in [0, 0.1) is 22.7 Å². The van der Waals surface area contributed by atoms with Gasteiger partial charge in [-0.2, -0.15) is 0 Å². The maximum absolute atomic E-state index is 12.9. The second-order valence-electron chi connectivity index (χ2n) is 8.29. The van der Waals surface area contributed by atoms with E-state index < -0.39 is 23.4 Å². The average Bonchev–Trinajstić information content (AvgIpc) is 2.74.